The Bertz CT molecular complexity index is 932. The summed E-state index contributed by atoms with van der Waals surface area (Å²) in [4.78, 5) is 15.1. The van der Waals surface area contributed by atoms with Gasteiger partial charge >= 0.3 is 0 Å². The number of thioether (sulfide) groups is 1. The molecule has 0 saturated carbocycles. The predicted octanol–water partition coefficient (Wildman–Crippen LogP) is 3.63. The van der Waals surface area contributed by atoms with Crippen LogP contribution in [-0.2, 0) is 22.6 Å². The molecule has 2 aromatic carbocycles. The number of hydrogen-bond donors (Lipinski definition) is 1. The molecule has 0 atom stereocenters. The van der Waals surface area contributed by atoms with E-state index in [0.717, 1.165) is 29.8 Å². The van der Waals surface area contributed by atoms with Crippen molar-refractivity contribution in [2.45, 2.75) is 13.0 Å². The van der Waals surface area contributed by atoms with Crippen molar-refractivity contribution in [2.75, 3.05) is 36.5 Å². The van der Waals surface area contributed by atoms with Gasteiger partial charge in [0.05, 0.1) is 5.57 Å². The quantitative estimate of drug-likeness (QED) is 0.828. The summed E-state index contributed by atoms with van der Waals surface area (Å²) in [6.45, 7) is 4.05. The molecule has 0 radical (unpaired) electrons. The topological polar surface area (TPSA) is 41.6 Å². The van der Waals surface area contributed by atoms with E-state index in [-0.39, 0.29) is 5.91 Å². The first kappa shape index (κ1) is 16.9. The van der Waals surface area contributed by atoms with Crippen molar-refractivity contribution in [3.05, 3.63) is 64.7 Å². The molecule has 0 spiro atoms. The third-order valence-electron chi connectivity index (χ3n) is 5.51. The number of carbonyl (C=O) groups excluding carboxylic acids is 1. The number of carbonyl (C=O) groups is 1. The number of benzene rings is 2. The normalized spacial score (nSPS) is 21.6. The molecule has 1 N–H and O–H groups in total. The summed E-state index contributed by atoms with van der Waals surface area (Å²) in [6, 6.07) is 14.4. The smallest absolute Gasteiger partial charge is 0.260 e. The van der Waals surface area contributed by atoms with Crippen molar-refractivity contribution in [2.24, 2.45) is 0 Å². The standard InChI is InChI=1S/C22H22N2O2S/c25-22-20(18-3-1-2-4-19(18)23-22)21-17-6-5-15(13-16(17)14-26-21)7-8-24-9-11-27-12-10-24/h1-6,13H,7-12,14H2,(H,23,25)/b21-20+. The van der Waals surface area contributed by atoms with E-state index in [0.29, 0.717) is 17.9 Å². The summed E-state index contributed by atoms with van der Waals surface area (Å²) in [5, 5.41) is 2.94. The van der Waals surface area contributed by atoms with Gasteiger partial charge in [-0.1, -0.05) is 36.4 Å². The zero-order chi connectivity index (χ0) is 18.2. The third kappa shape index (κ3) is 3.15. The zero-order valence-corrected chi connectivity index (χ0v) is 16.0. The van der Waals surface area contributed by atoms with Crippen molar-refractivity contribution in [3.8, 4) is 0 Å². The fraction of sp³-hybridized carbons (Fsp3) is 0.318. The fourth-order valence-corrected chi connectivity index (χ4v) is 5.01. The van der Waals surface area contributed by atoms with Crippen LogP contribution in [0.25, 0.3) is 11.3 Å². The molecule has 0 unspecified atom stereocenters. The van der Waals surface area contributed by atoms with Crippen molar-refractivity contribution >= 4 is 34.7 Å². The first-order chi connectivity index (χ1) is 13.3. The van der Waals surface area contributed by atoms with Gasteiger partial charge in [0.25, 0.3) is 5.91 Å². The maximum Gasteiger partial charge on any atom is 0.260 e. The highest BCUT2D eigenvalue weighted by Gasteiger charge is 2.32. The van der Waals surface area contributed by atoms with Gasteiger partial charge in [-0.2, -0.15) is 11.8 Å². The number of nitrogens with zero attached hydrogens (tertiary/aromatic N) is 1. The predicted molar refractivity (Wildman–Crippen MR) is 111 cm³/mol. The van der Waals surface area contributed by atoms with E-state index in [1.165, 1.54) is 35.7 Å². The number of rotatable bonds is 3. The van der Waals surface area contributed by atoms with Gasteiger partial charge in [-0.15, -0.1) is 0 Å². The molecular formula is C22H22N2O2S. The summed E-state index contributed by atoms with van der Waals surface area (Å²) < 4.78 is 5.99. The van der Waals surface area contributed by atoms with Gasteiger partial charge in [-0.3, -0.25) is 4.79 Å². The van der Waals surface area contributed by atoms with E-state index < -0.39 is 0 Å². The molecule has 4 nitrogen and oxygen atoms in total. The highest BCUT2D eigenvalue weighted by Crippen LogP contribution is 2.41. The number of hydrogen-bond acceptors (Lipinski definition) is 4. The molecule has 3 aliphatic heterocycles. The van der Waals surface area contributed by atoms with E-state index in [2.05, 4.69) is 28.4 Å². The van der Waals surface area contributed by atoms with Crippen LogP contribution in [0, 0.1) is 0 Å². The average Bonchev–Trinajstić information content (AvgIpc) is 3.26. The van der Waals surface area contributed by atoms with E-state index in [1.54, 1.807) is 0 Å². The number of para-hydroxylation sites is 1. The van der Waals surface area contributed by atoms with Crippen LogP contribution in [0.1, 0.15) is 22.3 Å². The highest BCUT2D eigenvalue weighted by molar-refractivity contribution is 7.99. The van der Waals surface area contributed by atoms with Crippen LogP contribution >= 0.6 is 11.8 Å². The average molecular weight is 378 g/mol. The second-order valence-electron chi connectivity index (χ2n) is 7.19. The second-order valence-corrected chi connectivity index (χ2v) is 8.41. The number of ether oxygens (including phenoxy) is 1. The maximum atomic E-state index is 12.5. The largest absolute Gasteiger partial charge is 0.487 e. The lowest BCUT2D eigenvalue weighted by atomic mass is 9.98. The lowest BCUT2D eigenvalue weighted by Crippen LogP contribution is -2.34. The van der Waals surface area contributed by atoms with Crippen LogP contribution < -0.4 is 5.32 Å². The Morgan fingerprint density at radius 3 is 2.81 bits per heavy atom. The maximum absolute atomic E-state index is 12.5. The Kier molecular flexibility index (Phi) is 4.42. The highest BCUT2D eigenvalue weighted by atomic mass is 32.2. The minimum absolute atomic E-state index is 0.0777. The van der Waals surface area contributed by atoms with Gasteiger partial charge < -0.3 is 15.0 Å². The van der Waals surface area contributed by atoms with Crippen molar-refractivity contribution in [3.63, 3.8) is 0 Å². The van der Waals surface area contributed by atoms with Crippen molar-refractivity contribution in [1.29, 1.82) is 0 Å². The SMILES string of the molecule is O=C1Nc2ccccc2/C1=C1\OCc2cc(CCN3CCSCC3)ccc21. The van der Waals surface area contributed by atoms with E-state index >= 15 is 0 Å². The zero-order valence-electron chi connectivity index (χ0n) is 15.2. The minimum atomic E-state index is -0.0777. The molecule has 27 heavy (non-hydrogen) atoms. The second kappa shape index (κ2) is 7.06. The molecule has 0 aromatic heterocycles. The van der Waals surface area contributed by atoms with Gasteiger partial charge in [-0.25, -0.2) is 0 Å². The number of fused-ring (bicyclic) bond motifs is 2. The van der Waals surface area contributed by atoms with E-state index in [9.17, 15) is 4.79 Å². The van der Waals surface area contributed by atoms with Crippen LogP contribution in [0.15, 0.2) is 42.5 Å². The molecule has 3 aliphatic rings. The lowest BCUT2D eigenvalue weighted by molar-refractivity contribution is -0.110. The van der Waals surface area contributed by atoms with Crippen LogP contribution in [0.2, 0.25) is 0 Å². The van der Waals surface area contributed by atoms with Gasteiger partial charge in [-0.05, 0) is 18.1 Å². The summed E-state index contributed by atoms with van der Waals surface area (Å²) in [7, 11) is 0. The molecule has 0 aliphatic carbocycles. The molecular weight excluding hydrogens is 356 g/mol. The van der Waals surface area contributed by atoms with Crippen LogP contribution in [-0.4, -0.2) is 41.9 Å². The summed E-state index contributed by atoms with van der Waals surface area (Å²) >= 11 is 2.05. The first-order valence-electron chi connectivity index (χ1n) is 9.50. The Morgan fingerprint density at radius 2 is 1.93 bits per heavy atom. The number of nitrogens with one attached hydrogen (secondary N) is 1. The molecule has 138 valence electrons. The summed E-state index contributed by atoms with van der Waals surface area (Å²) in [5.41, 5.74) is 6.02. The van der Waals surface area contributed by atoms with Crippen molar-refractivity contribution < 1.29 is 9.53 Å². The van der Waals surface area contributed by atoms with Gasteiger partial charge in [0.15, 0.2) is 0 Å². The molecule has 5 rings (SSSR count). The molecule has 2 aromatic rings. The van der Waals surface area contributed by atoms with Crippen LogP contribution in [0.3, 0.4) is 0 Å². The Morgan fingerprint density at radius 1 is 1.07 bits per heavy atom. The summed E-state index contributed by atoms with van der Waals surface area (Å²) in [5.74, 6) is 3.13. The number of amides is 1. The Hall–Kier alpha value is -2.24. The molecule has 1 saturated heterocycles. The van der Waals surface area contributed by atoms with Gasteiger partial charge in [0, 0.05) is 53.5 Å². The molecule has 3 heterocycles. The Balaban J connectivity index is 1.41. The van der Waals surface area contributed by atoms with Gasteiger partial charge in [0.2, 0.25) is 0 Å². The number of anilines is 1. The van der Waals surface area contributed by atoms with E-state index in [4.69, 9.17) is 4.74 Å². The summed E-state index contributed by atoms with van der Waals surface area (Å²) in [6.07, 6.45) is 1.06. The van der Waals surface area contributed by atoms with Crippen molar-refractivity contribution in [1.82, 2.24) is 4.90 Å². The molecule has 0 bridgehead atoms. The van der Waals surface area contributed by atoms with Crippen LogP contribution in [0.5, 0.6) is 0 Å². The van der Waals surface area contributed by atoms with Gasteiger partial charge in [0.1, 0.15) is 12.4 Å². The van der Waals surface area contributed by atoms with Crippen LogP contribution in [0.4, 0.5) is 5.69 Å². The minimum Gasteiger partial charge on any atom is -0.487 e. The van der Waals surface area contributed by atoms with E-state index in [1.807, 2.05) is 36.0 Å². The monoisotopic (exact) mass is 378 g/mol. The lowest BCUT2D eigenvalue weighted by Gasteiger charge is -2.26. The Labute approximate surface area is 163 Å². The third-order valence-corrected chi connectivity index (χ3v) is 6.45. The first-order valence-corrected chi connectivity index (χ1v) is 10.7. The molecule has 1 amide bonds. The molecule has 5 heteroatoms. The fourth-order valence-electron chi connectivity index (χ4n) is 4.03. The molecule has 1 fully saturated rings.